The standard InChI is InChI=1S/C89H76N2/c1-57(2)77-55-82(90(86-59(5)27-25-28-60(86)6)69-47-43-67(44-48-69)88(65-34-15-11-16-35-65)63(9)31-13-10-14-32-64-33-19-22-40-79(64)88)75-53-51-74-78(58(3)4)56-83(76-54-52-73(77)84(75)85(74)76)91(87-61(7)29-26-30-62(87)8)70-49-45-68(46-50-70)89(66-36-17-12-18-37-66)80-41-23-20-38-71(80)72-39-21-24-42-81(72)89/h10-31,33-58H,9,32H2,1-8H3/b14-10-,31-13-. The fourth-order valence-electron chi connectivity index (χ4n) is 16.2. The summed E-state index contributed by atoms with van der Waals surface area (Å²) in [7, 11) is 0. The molecule has 0 spiro atoms. The molecule has 0 aromatic heterocycles. The second-order valence-corrected chi connectivity index (χ2v) is 26.1. The van der Waals surface area contributed by atoms with E-state index >= 15 is 0 Å². The summed E-state index contributed by atoms with van der Waals surface area (Å²) in [6.45, 7) is 23.5. The van der Waals surface area contributed by atoms with Crippen molar-refractivity contribution in [2.24, 2.45) is 0 Å². The third kappa shape index (κ3) is 8.89. The molecule has 442 valence electrons. The van der Waals surface area contributed by atoms with E-state index < -0.39 is 10.8 Å². The van der Waals surface area contributed by atoms with Crippen LogP contribution in [0.2, 0.25) is 0 Å². The summed E-state index contributed by atoms with van der Waals surface area (Å²) in [4.78, 5) is 5.17. The van der Waals surface area contributed by atoms with Gasteiger partial charge in [-0.1, -0.05) is 277 Å². The molecule has 0 saturated heterocycles. The topological polar surface area (TPSA) is 6.48 Å². The van der Waals surface area contributed by atoms with Crippen LogP contribution < -0.4 is 9.80 Å². The van der Waals surface area contributed by atoms with Gasteiger partial charge in [-0.25, -0.2) is 0 Å². The molecule has 2 heteroatoms. The number of fused-ring (bicyclic) bond motifs is 4. The Bertz CT molecular complexity index is 4940. The fraction of sp³-hybridized carbons (Fsp3) is 0.146. The van der Waals surface area contributed by atoms with Crippen molar-refractivity contribution in [3.05, 3.63) is 369 Å². The van der Waals surface area contributed by atoms with Crippen LogP contribution in [0, 0.1) is 27.7 Å². The number of para-hydroxylation sites is 2. The number of nitrogens with zero attached hydrogens (tertiary/aromatic N) is 2. The quantitative estimate of drug-likeness (QED) is 0.113. The smallest absolute Gasteiger partial charge is 0.0713 e. The summed E-state index contributed by atoms with van der Waals surface area (Å²) in [5.74, 6) is 0.448. The number of aryl methyl sites for hydroxylation is 4. The Labute approximate surface area is 537 Å². The van der Waals surface area contributed by atoms with E-state index in [1.165, 1.54) is 144 Å². The van der Waals surface area contributed by atoms with Crippen LogP contribution in [0.15, 0.2) is 291 Å². The van der Waals surface area contributed by atoms with E-state index in [0.717, 1.165) is 23.4 Å². The zero-order valence-corrected chi connectivity index (χ0v) is 53.5. The van der Waals surface area contributed by atoms with Gasteiger partial charge < -0.3 is 9.80 Å². The molecular weight excluding hydrogens is 1100 g/mol. The predicted molar refractivity (Wildman–Crippen MR) is 388 cm³/mol. The molecule has 2 aliphatic rings. The highest BCUT2D eigenvalue weighted by Gasteiger charge is 2.46. The van der Waals surface area contributed by atoms with Gasteiger partial charge in [-0.2, -0.15) is 0 Å². The first-order valence-electron chi connectivity index (χ1n) is 32.5. The van der Waals surface area contributed by atoms with Crippen molar-refractivity contribution in [1.82, 2.24) is 0 Å². The predicted octanol–water partition coefficient (Wildman–Crippen LogP) is 23.9. The van der Waals surface area contributed by atoms with Crippen LogP contribution in [0.25, 0.3) is 43.4 Å². The lowest BCUT2D eigenvalue weighted by Crippen LogP contribution is -2.32. The summed E-state index contributed by atoms with van der Waals surface area (Å²) in [6.07, 6.45) is 9.62. The number of benzene rings is 13. The van der Waals surface area contributed by atoms with E-state index in [4.69, 9.17) is 6.58 Å². The minimum atomic E-state index is -0.655. The first kappa shape index (κ1) is 57.2. The van der Waals surface area contributed by atoms with Crippen LogP contribution in [0.3, 0.4) is 0 Å². The molecule has 0 bridgehead atoms. The molecule has 0 radical (unpaired) electrons. The van der Waals surface area contributed by atoms with Crippen LogP contribution in [0.1, 0.15) is 117 Å². The highest BCUT2D eigenvalue weighted by molar-refractivity contribution is 6.29. The molecule has 13 aromatic rings. The van der Waals surface area contributed by atoms with Crippen molar-refractivity contribution in [2.75, 3.05) is 9.80 Å². The van der Waals surface area contributed by atoms with Crippen LogP contribution in [-0.2, 0) is 17.3 Å². The van der Waals surface area contributed by atoms with Gasteiger partial charge in [0, 0.05) is 22.1 Å². The van der Waals surface area contributed by atoms with Gasteiger partial charge in [-0.15, -0.1) is 0 Å². The van der Waals surface area contributed by atoms with Crippen LogP contribution in [-0.4, -0.2) is 0 Å². The average Bonchev–Trinajstić information content (AvgIpc) is 1.70. The fourth-order valence-corrected chi connectivity index (χ4v) is 16.2. The summed E-state index contributed by atoms with van der Waals surface area (Å²) < 4.78 is 0. The zero-order chi connectivity index (χ0) is 62.3. The molecule has 2 aliphatic carbocycles. The number of anilines is 6. The first-order chi connectivity index (χ1) is 44.4. The molecule has 0 saturated carbocycles. The second-order valence-electron chi connectivity index (χ2n) is 26.1. The Kier molecular flexibility index (Phi) is 14.2. The first-order valence-corrected chi connectivity index (χ1v) is 32.5. The number of hydrogen-bond donors (Lipinski definition) is 0. The minimum Gasteiger partial charge on any atom is -0.309 e. The van der Waals surface area contributed by atoms with Crippen molar-refractivity contribution in [3.8, 4) is 11.1 Å². The normalized spacial score (nSPS) is 15.7. The van der Waals surface area contributed by atoms with Gasteiger partial charge in [0.05, 0.1) is 33.6 Å². The summed E-state index contributed by atoms with van der Waals surface area (Å²) in [5, 5.41) is 7.65. The third-order valence-corrected chi connectivity index (χ3v) is 20.2. The van der Waals surface area contributed by atoms with Gasteiger partial charge in [0.2, 0.25) is 0 Å². The Hall–Kier alpha value is -10.3. The van der Waals surface area contributed by atoms with Gasteiger partial charge in [-0.3, -0.25) is 0 Å². The lowest BCUT2D eigenvalue weighted by atomic mass is 9.63. The molecule has 2 nitrogen and oxygen atoms in total. The molecule has 1 unspecified atom stereocenters. The Morgan fingerprint density at radius 3 is 1.21 bits per heavy atom. The lowest BCUT2D eigenvalue weighted by molar-refractivity contribution is 0.737. The zero-order valence-electron chi connectivity index (χ0n) is 53.5. The molecular formula is C89H76N2. The van der Waals surface area contributed by atoms with Crippen molar-refractivity contribution in [3.63, 3.8) is 0 Å². The molecule has 0 aliphatic heterocycles. The van der Waals surface area contributed by atoms with E-state index in [2.05, 4.69) is 344 Å². The third-order valence-electron chi connectivity index (χ3n) is 20.2. The van der Waals surface area contributed by atoms with E-state index in [1.807, 2.05) is 0 Å². The molecule has 15 rings (SSSR count). The van der Waals surface area contributed by atoms with Crippen molar-refractivity contribution in [1.29, 1.82) is 0 Å². The number of hydrogen-bond acceptors (Lipinski definition) is 2. The molecule has 0 heterocycles. The molecule has 0 fully saturated rings. The van der Waals surface area contributed by atoms with Gasteiger partial charge in [-0.05, 0) is 198 Å². The van der Waals surface area contributed by atoms with E-state index in [0.29, 0.717) is 0 Å². The largest absolute Gasteiger partial charge is 0.309 e. The molecule has 91 heavy (non-hydrogen) atoms. The lowest BCUT2D eigenvalue weighted by Gasteiger charge is -2.39. The minimum absolute atomic E-state index is 0.222. The van der Waals surface area contributed by atoms with E-state index in [9.17, 15) is 0 Å². The van der Waals surface area contributed by atoms with Crippen LogP contribution in [0.5, 0.6) is 0 Å². The second kappa shape index (κ2) is 22.6. The average molecular weight is 1170 g/mol. The van der Waals surface area contributed by atoms with Gasteiger partial charge in [0.1, 0.15) is 0 Å². The SMILES string of the molecule is C=C1/C=C\C=C/Cc2ccccc2C1(c1ccccc1)c1ccc(N(c2c(C)cccc2C)c2cc(C(C)C)c3ccc4c(N(c5ccc(C6(c7ccccc7)c7ccccc7-c7ccccc76)cc5)c5c(C)cccc5C)cc(C(C)C)c5ccc2c3c54)cc1. The monoisotopic (exact) mass is 1170 g/mol. The molecule has 1 atom stereocenters. The summed E-state index contributed by atoms with van der Waals surface area (Å²) >= 11 is 0. The highest BCUT2D eigenvalue weighted by atomic mass is 15.2. The molecule has 0 amide bonds. The number of rotatable bonds is 12. The maximum atomic E-state index is 4.93. The van der Waals surface area contributed by atoms with Gasteiger partial charge in [0.15, 0.2) is 0 Å². The van der Waals surface area contributed by atoms with Gasteiger partial charge in [0.25, 0.3) is 0 Å². The Morgan fingerprint density at radius 1 is 0.363 bits per heavy atom. The molecule has 13 aromatic carbocycles. The maximum absolute atomic E-state index is 4.93. The molecule has 0 N–H and O–H groups in total. The number of allylic oxidation sites excluding steroid dienone is 5. The van der Waals surface area contributed by atoms with Gasteiger partial charge >= 0.3 is 0 Å². The maximum Gasteiger partial charge on any atom is 0.0713 e. The Morgan fingerprint density at radius 2 is 0.747 bits per heavy atom. The van der Waals surface area contributed by atoms with Crippen LogP contribution >= 0.6 is 0 Å². The highest BCUT2D eigenvalue weighted by Crippen LogP contribution is 2.58. The van der Waals surface area contributed by atoms with E-state index in [1.54, 1.807) is 0 Å². The van der Waals surface area contributed by atoms with Crippen molar-refractivity contribution in [2.45, 2.75) is 84.5 Å². The Balaban J connectivity index is 0.970. The van der Waals surface area contributed by atoms with E-state index in [-0.39, 0.29) is 11.8 Å². The summed E-state index contributed by atoms with van der Waals surface area (Å²) in [5.41, 5.74) is 27.0. The summed E-state index contributed by atoms with van der Waals surface area (Å²) in [6, 6.07) is 96.7. The van der Waals surface area contributed by atoms with Crippen LogP contribution in [0.4, 0.5) is 34.1 Å². The van der Waals surface area contributed by atoms with Crippen molar-refractivity contribution >= 4 is 66.4 Å². The van der Waals surface area contributed by atoms with Crippen molar-refractivity contribution < 1.29 is 0 Å².